The van der Waals surface area contributed by atoms with Gasteiger partial charge in [0.2, 0.25) is 0 Å². The fourth-order valence-corrected chi connectivity index (χ4v) is 2.16. The molecule has 0 atom stereocenters. The molecule has 94 valence electrons. The largest absolute Gasteiger partial charge is 0.258 e. The van der Waals surface area contributed by atoms with Gasteiger partial charge < -0.3 is 0 Å². The smallest absolute Gasteiger partial charge is 0.161 e. The molecule has 0 saturated carbocycles. The Bertz CT molecular complexity index is 574. The summed E-state index contributed by atoms with van der Waals surface area (Å²) in [4.78, 5) is 13.3. The molecule has 0 spiro atoms. The molecule has 0 unspecified atom stereocenters. The van der Waals surface area contributed by atoms with E-state index in [0.717, 1.165) is 34.6 Å². The van der Waals surface area contributed by atoms with Crippen LogP contribution in [-0.2, 0) is 6.42 Å². The van der Waals surface area contributed by atoms with Crippen molar-refractivity contribution in [3.05, 3.63) is 39.9 Å². The minimum atomic E-state index is 0.531. The van der Waals surface area contributed by atoms with Crippen LogP contribution < -0.4 is 0 Å². The van der Waals surface area contributed by atoms with E-state index in [0.29, 0.717) is 11.0 Å². The van der Waals surface area contributed by atoms with Crippen LogP contribution in [0.25, 0.3) is 11.4 Å². The highest BCUT2D eigenvalue weighted by Crippen LogP contribution is 2.23. The molecule has 2 rings (SSSR count). The average Bonchev–Trinajstić information content (AvgIpc) is 2.31. The lowest BCUT2D eigenvalue weighted by atomic mass is 10.1. The van der Waals surface area contributed by atoms with Crippen molar-refractivity contribution in [2.45, 2.75) is 34.1 Å². The molecule has 2 heterocycles. The lowest BCUT2D eigenvalue weighted by molar-refractivity contribution is 0.974. The van der Waals surface area contributed by atoms with E-state index < -0.39 is 0 Å². The summed E-state index contributed by atoms with van der Waals surface area (Å²) in [7, 11) is 0. The molecule has 0 aliphatic rings. The normalized spacial score (nSPS) is 10.7. The number of hydrogen-bond acceptors (Lipinski definition) is 3. The molecule has 0 fully saturated rings. The Morgan fingerprint density at radius 1 is 1.00 bits per heavy atom. The van der Waals surface area contributed by atoms with E-state index in [2.05, 4.69) is 21.9 Å². The van der Waals surface area contributed by atoms with Crippen LogP contribution in [0.15, 0.2) is 12.1 Å². The fourth-order valence-electron chi connectivity index (χ4n) is 1.97. The van der Waals surface area contributed by atoms with Crippen molar-refractivity contribution in [1.29, 1.82) is 0 Å². The summed E-state index contributed by atoms with van der Waals surface area (Å²) in [6, 6.07) is 3.96. The Labute approximate surface area is 112 Å². The molecule has 3 nitrogen and oxygen atoms in total. The van der Waals surface area contributed by atoms with Gasteiger partial charge in [0, 0.05) is 28.2 Å². The molecule has 0 amide bonds. The summed E-state index contributed by atoms with van der Waals surface area (Å²) in [6.45, 7) is 7.95. The van der Waals surface area contributed by atoms with Crippen molar-refractivity contribution in [3.63, 3.8) is 0 Å². The SMILES string of the molecule is CCc1nc(-c2cc(C)nc(C)c2)nc(Cl)c1C. The minimum absolute atomic E-state index is 0.531. The predicted octanol–water partition coefficient (Wildman–Crippen LogP) is 3.68. The van der Waals surface area contributed by atoms with Gasteiger partial charge in [-0.2, -0.15) is 0 Å². The predicted molar refractivity (Wildman–Crippen MR) is 73.9 cm³/mol. The third-order valence-electron chi connectivity index (χ3n) is 2.86. The molecule has 4 heteroatoms. The van der Waals surface area contributed by atoms with Crippen LogP contribution in [0.1, 0.15) is 29.6 Å². The summed E-state index contributed by atoms with van der Waals surface area (Å²) < 4.78 is 0. The second-order valence-electron chi connectivity index (χ2n) is 4.40. The summed E-state index contributed by atoms with van der Waals surface area (Å²) >= 11 is 6.16. The first-order chi connectivity index (χ1) is 8.51. The van der Waals surface area contributed by atoms with E-state index >= 15 is 0 Å². The van der Waals surface area contributed by atoms with Gasteiger partial charge in [-0.3, -0.25) is 4.98 Å². The first kappa shape index (κ1) is 13.0. The van der Waals surface area contributed by atoms with Gasteiger partial charge in [0.1, 0.15) is 5.15 Å². The number of rotatable bonds is 2. The molecule has 0 saturated heterocycles. The van der Waals surface area contributed by atoms with Crippen molar-refractivity contribution >= 4 is 11.6 Å². The molecule has 0 bridgehead atoms. The molecule has 2 aromatic heterocycles. The molecular formula is C14H16ClN3. The van der Waals surface area contributed by atoms with E-state index in [1.807, 2.05) is 32.9 Å². The van der Waals surface area contributed by atoms with Gasteiger partial charge in [-0.15, -0.1) is 0 Å². The van der Waals surface area contributed by atoms with Gasteiger partial charge in [0.15, 0.2) is 5.82 Å². The minimum Gasteiger partial charge on any atom is -0.258 e. The molecule has 0 aromatic carbocycles. The van der Waals surface area contributed by atoms with Crippen LogP contribution in [0.2, 0.25) is 5.15 Å². The highest BCUT2D eigenvalue weighted by molar-refractivity contribution is 6.30. The van der Waals surface area contributed by atoms with Crippen molar-refractivity contribution in [2.24, 2.45) is 0 Å². The Hall–Kier alpha value is -1.48. The van der Waals surface area contributed by atoms with Gasteiger partial charge in [0.25, 0.3) is 0 Å². The van der Waals surface area contributed by atoms with Crippen LogP contribution in [0.3, 0.4) is 0 Å². The number of hydrogen-bond donors (Lipinski definition) is 0. The number of aryl methyl sites for hydroxylation is 3. The quantitative estimate of drug-likeness (QED) is 0.774. The maximum Gasteiger partial charge on any atom is 0.161 e. The maximum atomic E-state index is 6.16. The topological polar surface area (TPSA) is 38.7 Å². The molecule has 0 radical (unpaired) electrons. The third-order valence-corrected chi connectivity index (χ3v) is 3.23. The summed E-state index contributed by atoms with van der Waals surface area (Å²) in [6.07, 6.45) is 0.851. The monoisotopic (exact) mass is 261 g/mol. The highest BCUT2D eigenvalue weighted by Gasteiger charge is 2.10. The molecule has 0 N–H and O–H groups in total. The molecule has 0 aliphatic carbocycles. The molecule has 0 aliphatic heterocycles. The van der Waals surface area contributed by atoms with E-state index in [9.17, 15) is 0 Å². The molecular weight excluding hydrogens is 246 g/mol. The number of halogens is 1. The van der Waals surface area contributed by atoms with E-state index in [1.54, 1.807) is 0 Å². The second kappa shape index (κ2) is 5.02. The number of nitrogens with zero attached hydrogens (tertiary/aromatic N) is 3. The second-order valence-corrected chi connectivity index (χ2v) is 4.76. The van der Waals surface area contributed by atoms with Crippen LogP contribution >= 0.6 is 11.6 Å². The summed E-state index contributed by atoms with van der Waals surface area (Å²) in [5.74, 6) is 0.677. The standard InChI is InChI=1S/C14H16ClN3/c1-5-12-10(4)13(15)18-14(17-12)11-6-8(2)16-9(3)7-11/h6-7H,5H2,1-4H3. The van der Waals surface area contributed by atoms with E-state index in [4.69, 9.17) is 11.6 Å². The average molecular weight is 262 g/mol. The van der Waals surface area contributed by atoms with Crippen LogP contribution in [0.5, 0.6) is 0 Å². The Morgan fingerprint density at radius 2 is 1.61 bits per heavy atom. The Kier molecular flexibility index (Phi) is 3.62. The van der Waals surface area contributed by atoms with Gasteiger partial charge in [0.05, 0.1) is 0 Å². The fraction of sp³-hybridized carbons (Fsp3) is 0.357. The van der Waals surface area contributed by atoms with Crippen molar-refractivity contribution < 1.29 is 0 Å². The molecule has 18 heavy (non-hydrogen) atoms. The van der Waals surface area contributed by atoms with Crippen LogP contribution in [0, 0.1) is 20.8 Å². The van der Waals surface area contributed by atoms with Gasteiger partial charge in [-0.1, -0.05) is 18.5 Å². The van der Waals surface area contributed by atoms with E-state index in [1.165, 1.54) is 0 Å². The first-order valence-corrected chi connectivity index (χ1v) is 6.37. The molecule has 2 aromatic rings. The first-order valence-electron chi connectivity index (χ1n) is 6.00. The zero-order valence-electron chi connectivity index (χ0n) is 11.1. The van der Waals surface area contributed by atoms with E-state index in [-0.39, 0.29) is 0 Å². The van der Waals surface area contributed by atoms with Crippen LogP contribution in [0.4, 0.5) is 0 Å². The lowest BCUT2D eigenvalue weighted by Crippen LogP contribution is -2.00. The third kappa shape index (κ3) is 2.51. The highest BCUT2D eigenvalue weighted by atomic mass is 35.5. The lowest BCUT2D eigenvalue weighted by Gasteiger charge is -2.08. The maximum absolute atomic E-state index is 6.16. The van der Waals surface area contributed by atoms with Crippen molar-refractivity contribution in [2.75, 3.05) is 0 Å². The zero-order valence-corrected chi connectivity index (χ0v) is 11.8. The van der Waals surface area contributed by atoms with Gasteiger partial charge >= 0.3 is 0 Å². The van der Waals surface area contributed by atoms with Gasteiger partial charge in [-0.05, 0) is 39.3 Å². The van der Waals surface area contributed by atoms with Crippen molar-refractivity contribution in [1.82, 2.24) is 15.0 Å². The number of pyridine rings is 1. The Morgan fingerprint density at radius 3 is 2.17 bits per heavy atom. The summed E-state index contributed by atoms with van der Waals surface area (Å²) in [5.41, 5.74) is 4.85. The van der Waals surface area contributed by atoms with Gasteiger partial charge in [-0.25, -0.2) is 9.97 Å². The summed E-state index contributed by atoms with van der Waals surface area (Å²) in [5, 5.41) is 0.531. The van der Waals surface area contributed by atoms with Crippen molar-refractivity contribution in [3.8, 4) is 11.4 Å². The Balaban J connectivity index is 2.60. The number of aromatic nitrogens is 3. The van der Waals surface area contributed by atoms with Crippen LogP contribution in [-0.4, -0.2) is 15.0 Å². The zero-order chi connectivity index (χ0) is 13.3.